The van der Waals surface area contributed by atoms with Gasteiger partial charge in [0.1, 0.15) is 0 Å². The third-order valence-electron chi connectivity index (χ3n) is 3.83. The van der Waals surface area contributed by atoms with Crippen molar-refractivity contribution in [2.75, 3.05) is 0 Å². The summed E-state index contributed by atoms with van der Waals surface area (Å²) in [6.45, 7) is 1.51. The second kappa shape index (κ2) is 7.61. The number of halogens is 1. The van der Waals surface area contributed by atoms with E-state index >= 15 is 0 Å². The number of rotatable bonds is 5. The Morgan fingerprint density at radius 3 is 2.71 bits per heavy atom. The van der Waals surface area contributed by atoms with E-state index < -0.39 is 5.97 Å². The maximum absolute atomic E-state index is 12.4. The molecular weight excluding hydrogens is 382 g/mol. The molecule has 0 aliphatic rings. The molecule has 0 aliphatic carbocycles. The molecule has 0 saturated carbocycles. The van der Waals surface area contributed by atoms with E-state index in [0.717, 1.165) is 5.56 Å². The van der Waals surface area contributed by atoms with Gasteiger partial charge in [0.15, 0.2) is 12.3 Å². The minimum atomic E-state index is -0.634. The quantitative estimate of drug-likeness (QED) is 0.476. The van der Waals surface area contributed by atoms with E-state index in [0.29, 0.717) is 22.3 Å². The lowest BCUT2D eigenvalue weighted by atomic mass is 10.2. The normalized spacial score (nSPS) is 10.8. The molecule has 2 aromatic carbocycles. The summed E-state index contributed by atoms with van der Waals surface area (Å²) in [7, 11) is 0. The fraction of sp³-hybridized carbons (Fsp3) is 0.105. The van der Waals surface area contributed by atoms with Crippen molar-refractivity contribution in [1.29, 1.82) is 0 Å². The number of aryl methyl sites for hydroxylation is 1. The summed E-state index contributed by atoms with van der Waals surface area (Å²) < 4.78 is 10.8. The van der Waals surface area contributed by atoms with E-state index in [9.17, 15) is 4.79 Å². The largest absolute Gasteiger partial charge is 0.451 e. The molecule has 4 rings (SSSR count). The topological polar surface area (TPSA) is 95.9 Å². The van der Waals surface area contributed by atoms with Crippen molar-refractivity contribution in [3.8, 4) is 17.1 Å². The highest BCUT2D eigenvalue weighted by atomic mass is 35.5. The highest BCUT2D eigenvalue weighted by Gasteiger charge is 2.19. The molecule has 0 atom stereocenters. The molecule has 9 heteroatoms. The van der Waals surface area contributed by atoms with Crippen molar-refractivity contribution >= 4 is 17.6 Å². The van der Waals surface area contributed by atoms with Crippen LogP contribution in [0.3, 0.4) is 0 Å². The Hall–Kier alpha value is -3.52. The Bertz CT molecular complexity index is 1120. The van der Waals surface area contributed by atoms with E-state index in [4.69, 9.17) is 20.8 Å². The van der Waals surface area contributed by atoms with Crippen molar-refractivity contribution in [2.45, 2.75) is 13.5 Å². The number of esters is 1. The molecule has 2 aromatic heterocycles. The van der Waals surface area contributed by atoms with Crippen LogP contribution in [0.5, 0.6) is 0 Å². The zero-order chi connectivity index (χ0) is 19.5. The van der Waals surface area contributed by atoms with Gasteiger partial charge < -0.3 is 9.15 Å². The monoisotopic (exact) mass is 395 g/mol. The number of ether oxygens (including phenoxy) is 1. The summed E-state index contributed by atoms with van der Waals surface area (Å²) in [6.07, 6.45) is 0. The Kier molecular flexibility index (Phi) is 4.86. The Morgan fingerprint density at radius 1 is 1.11 bits per heavy atom. The third-order valence-corrected chi connectivity index (χ3v) is 4.06. The van der Waals surface area contributed by atoms with Gasteiger partial charge in [0, 0.05) is 10.6 Å². The lowest BCUT2D eigenvalue weighted by molar-refractivity contribution is 0.0430. The van der Waals surface area contributed by atoms with Crippen LogP contribution in [0.15, 0.2) is 59.0 Å². The lowest BCUT2D eigenvalue weighted by Crippen LogP contribution is -2.08. The van der Waals surface area contributed by atoms with Gasteiger partial charge in [-0.1, -0.05) is 35.9 Å². The fourth-order valence-corrected chi connectivity index (χ4v) is 2.67. The molecule has 140 valence electrons. The van der Waals surface area contributed by atoms with Gasteiger partial charge in [0.25, 0.3) is 5.89 Å². The average molecular weight is 396 g/mol. The number of benzene rings is 2. The predicted molar refractivity (Wildman–Crippen MR) is 100.0 cm³/mol. The molecular formula is C19H14ClN5O3. The smallest absolute Gasteiger partial charge is 0.361 e. The number of hydrogen-bond acceptors (Lipinski definition) is 7. The first-order valence-electron chi connectivity index (χ1n) is 8.35. The summed E-state index contributed by atoms with van der Waals surface area (Å²) in [5.41, 5.74) is 1.95. The molecule has 0 radical (unpaired) electrons. The summed E-state index contributed by atoms with van der Waals surface area (Å²) in [5.74, 6) is -0.0907. The minimum absolute atomic E-state index is 0.0998. The van der Waals surface area contributed by atoms with Crippen LogP contribution in [0.1, 0.15) is 22.1 Å². The molecule has 0 saturated heterocycles. The van der Waals surface area contributed by atoms with Crippen LogP contribution in [0.25, 0.3) is 17.1 Å². The Morgan fingerprint density at radius 2 is 1.93 bits per heavy atom. The number of nitrogens with zero attached hydrogens (tertiary/aromatic N) is 5. The zero-order valence-corrected chi connectivity index (χ0v) is 15.5. The maximum Gasteiger partial charge on any atom is 0.361 e. The van der Waals surface area contributed by atoms with Gasteiger partial charge in [-0.25, -0.2) is 4.79 Å². The van der Waals surface area contributed by atoms with E-state index in [2.05, 4.69) is 20.4 Å². The van der Waals surface area contributed by atoms with E-state index in [1.54, 1.807) is 31.2 Å². The zero-order valence-electron chi connectivity index (χ0n) is 14.7. The van der Waals surface area contributed by atoms with Crippen LogP contribution in [0.4, 0.5) is 0 Å². The number of carbonyl (C=O) groups is 1. The summed E-state index contributed by atoms with van der Waals surface area (Å²) in [5, 5.41) is 16.8. The Balaban J connectivity index is 1.45. The molecule has 0 bridgehead atoms. The highest BCUT2D eigenvalue weighted by Crippen LogP contribution is 2.18. The molecule has 0 spiro atoms. The molecule has 0 aliphatic heterocycles. The summed E-state index contributed by atoms with van der Waals surface area (Å²) in [6, 6.07) is 16.3. The second-order valence-corrected chi connectivity index (χ2v) is 6.28. The van der Waals surface area contributed by atoms with E-state index in [1.165, 1.54) is 4.80 Å². The van der Waals surface area contributed by atoms with Crippen LogP contribution in [0, 0.1) is 6.92 Å². The number of hydrogen-bond donors (Lipinski definition) is 0. The molecule has 28 heavy (non-hydrogen) atoms. The summed E-state index contributed by atoms with van der Waals surface area (Å²) >= 11 is 5.98. The minimum Gasteiger partial charge on any atom is -0.451 e. The fourth-order valence-electron chi connectivity index (χ4n) is 2.49. The van der Waals surface area contributed by atoms with Crippen molar-refractivity contribution in [3.63, 3.8) is 0 Å². The maximum atomic E-state index is 12.4. The summed E-state index contributed by atoms with van der Waals surface area (Å²) in [4.78, 5) is 13.7. The van der Waals surface area contributed by atoms with Gasteiger partial charge in [-0.3, -0.25) is 0 Å². The van der Waals surface area contributed by atoms with Gasteiger partial charge in [-0.2, -0.15) is 9.90 Å². The highest BCUT2D eigenvalue weighted by molar-refractivity contribution is 6.30. The number of carbonyl (C=O) groups excluding carboxylic acids is 1. The van der Waals surface area contributed by atoms with Gasteiger partial charge in [0.2, 0.25) is 5.89 Å². The second-order valence-electron chi connectivity index (χ2n) is 5.85. The molecule has 8 nitrogen and oxygen atoms in total. The van der Waals surface area contributed by atoms with Gasteiger partial charge in [-0.15, -0.1) is 15.3 Å². The molecule has 4 aromatic rings. The SMILES string of the molecule is Cc1nn(-c2cccc(Cl)c2)nc1C(=O)OCc1nnc(-c2ccccc2)o1. The lowest BCUT2D eigenvalue weighted by Gasteiger charge is -2.00. The first kappa shape index (κ1) is 17.9. The predicted octanol–water partition coefficient (Wildman–Crippen LogP) is 3.64. The van der Waals surface area contributed by atoms with Crippen molar-refractivity contribution in [1.82, 2.24) is 25.2 Å². The molecule has 0 amide bonds. The Labute approximate surface area is 164 Å². The van der Waals surface area contributed by atoms with Gasteiger partial charge >= 0.3 is 5.97 Å². The molecule has 2 heterocycles. The first-order valence-corrected chi connectivity index (χ1v) is 8.73. The van der Waals surface area contributed by atoms with E-state index in [1.807, 2.05) is 30.3 Å². The van der Waals surface area contributed by atoms with Crippen LogP contribution in [0.2, 0.25) is 5.02 Å². The van der Waals surface area contributed by atoms with Crippen LogP contribution in [-0.4, -0.2) is 31.2 Å². The van der Waals surface area contributed by atoms with Crippen LogP contribution < -0.4 is 0 Å². The molecule has 0 unspecified atom stereocenters. The number of aromatic nitrogens is 5. The van der Waals surface area contributed by atoms with Crippen molar-refractivity contribution < 1.29 is 13.9 Å². The van der Waals surface area contributed by atoms with Crippen molar-refractivity contribution in [3.05, 3.63) is 76.9 Å². The van der Waals surface area contributed by atoms with Gasteiger partial charge in [-0.05, 0) is 37.3 Å². The van der Waals surface area contributed by atoms with E-state index in [-0.39, 0.29) is 18.2 Å². The first-order chi connectivity index (χ1) is 13.6. The van der Waals surface area contributed by atoms with Crippen LogP contribution in [-0.2, 0) is 11.3 Å². The standard InChI is InChI=1S/C19H14ClN5O3/c1-12-17(24-25(23-12)15-9-5-8-14(20)10-15)19(26)27-11-16-21-22-18(28-16)13-6-3-2-4-7-13/h2-10H,11H2,1H3. The molecule has 0 fully saturated rings. The molecule has 0 N–H and O–H groups in total. The van der Waals surface area contributed by atoms with Gasteiger partial charge in [0.05, 0.1) is 11.4 Å². The average Bonchev–Trinajstić information content (AvgIpc) is 3.34. The third kappa shape index (κ3) is 3.77. The van der Waals surface area contributed by atoms with Crippen LogP contribution >= 0.6 is 11.6 Å². The van der Waals surface area contributed by atoms with Crippen molar-refractivity contribution in [2.24, 2.45) is 0 Å².